The van der Waals surface area contributed by atoms with Gasteiger partial charge in [0, 0.05) is 23.9 Å². The largest absolute Gasteiger partial charge is 0.488 e. The van der Waals surface area contributed by atoms with Crippen LogP contribution in [-0.4, -0.2) is 17.2 Å². The summed E-state index contributed by atoms with van der Waals surface area (Å²) >= 11 is 0. The number of aryl methyl sites for hydroxylation is 2. The number of carbonyl (C=O) groups excluding carboxylic acids is 1. The number of rotatable bonds is 9. The third kappa shape index (κ3) is 5.96. The van der Waals surface area contributed by atoms with Gasteiger partial charge in [0.1, 0.15) is 22.5 Å². The maximum atomic E-state index is 12.9. The van der Waals surface area contributed by atoms with E-state index in [1.807, 2.05) is 52.0 Å². The van der Waals surface area contributed by atoms with Crippen molar-refractivity contribution >= 4 is 16.9 Å². The number of hydrogen-bond acceptors (Lipinski definition) is 5. The van der Waals surface area contributed by atoms with Crippen molar-refractivity contribution in [2.75, 3.05) is 0 Å². The van der Waals surface area contributed by atoms with Crippen LogP contribution in [0, 0.1) is 0 Å². The Hall–Kier alpha value is -3.34. The first-order valence-electron chi connectivity index (χ1n) is 11.7. The molecule has 0 aliphatic carbocycles. The third-order valence-corrected chi connectivity index (χ3v) is 5.75. The smallest absolute Gasteiger partial charge is 0.344 e. The molecule has 180 valence electrons. The highest BCUT2D eigenvalue weighted by molar-refractivity contribution is 5.83. The lowest BCUT2D eigenvalue weighted by Gasteiger charge is -2.34. The minimum atomic E-state index is -0.739. The van der Waals surface area contributed by atoms with Crippen LogP contribution in [0.1, 0.15) is 59.1 Å². The van der Waals surface area contributed by atoms with Crippen LogP contribution in [0.3, 0.4) is 0 Å². The second-order valence-electron chi connectivity index (χ2n) is 9.77. The minimum Gasteiger partial charge on any atom is -0.488 e. The average Bonchev–Trinajstić information content (AvgIpc) is 2.76. The predicted octanol–water partition coefficient (Wildman–Crippen LogP) is 6.64. The maximum absolute atomic E-state index is 12.9. The van der Waals surface area contributed by atoms with Crippen molar-refractivity contribution in [3.05, 3.63) is 76.7 Å². The topological polar surface area (TPSA) is 65.7 Å². The van der Waals surface area contributed by atoms with Gasteiger partial charge in [-0.25, -0.2) is 9.59 Å². The normalized spacial score (nSPS) is 11.9. The molecule has 0 aliphatic rings. The van der Waals surface area contributed by atoms with Crippen LogP contribution in [0.5, 0.6) is 5.75 Å². The number of fused-ring (bicyclic) bond motifs is 1. The molecule has 34 heavy (non-hydrogen) atoms. The first-order chi connectivity index (χ1) is 16.0. The molecule has 0 radical (unpaired) electrons. The van der Waals surface area contributed by atoms with Gasteiger partial charge in [0.2, 0.25) is 0 Å². The van der Waals surface area contributed by atoms with E-state index in [1.54, 1.807) is 6.07 Å². The van der Waals surface area contributed by atoms with Gasteiger partial charge < -0.3 is 13.9 Å². The van der Waals surface area contributed by atoms with E-state index in [0.717, 1.165) is 35.4 Å². The molecule has 1 heterocycles. The summed E-state index contributed by atoms with van der Waals surface area (Å²) in [6.07, 6.45) is 3.39. The molecule has 0 fully saturated rings. The Balaban J connectivity index is 1.89. The van der Waals surface area contributed by atoms with Gasteiger partial charge in [-0.15, -0.1) is 0 Å². The summed E-state index contributed by atoms with van der Waals surface area (Å²) in [5, 5.41) is 0.821. The Morgan fingerprint density at radius 1 is 0.971 bits per heavy atom. The number of carbonyl (C=O) groups is 1. The zero-order valence-corrected chi connectivity index (χ0v) is 21.0. The molecule has 0 unspecified atom stereocenters. The Morgan fingerprint density at radius 2 is 1.71 bits per heavy atom. The van der Waals surface area contributed by atoms with Crippen LogP contribution >= 0.6 is 0 Å². The summed E-state index contributed by atoms with van der Waals surface area (Å²) in [6.45, 7) is 15.2. The van der Waals surface area contributed by atoms with Gasteiger partial charge >= 0.3 is 11.6 Å². The number of benzene rings is 2. The molecule has 3 aromatic rings. The highest BCUT2D eigenvalue weighted by Crippen LogP contribution is 2.32. The van der Waals surface area contributed by atoms with Gasteiger partial charge in [0.05, 0.1) is 5.56 Å². The van der Waals surface area contributed by atoms with Gasteiger partial charge in [0.25, 0.3) is 0 Å². The van der Waals surface area contributed by atoms with E-state index >= 15 is 0 Å². The first kappa shape index (κ1) is 25.3. The lowest BCUT2D eigenvalue weighted by atomic mass is 9.92. The summed E-state index contributed by atoms with van der Waals surface area (Å²) in [5.74, 6) is 0.0976. The first-order valence-corrected chi connectivity index (χ1v) is 11.7. The second-order valence-corrected chi connectivity index (χ2v) is 9.77. The third-order valence-electron chi connectivity index (χ3n) is 5.75. The van der Waals surface area contributed by atoms with E-state index in [9.17, 15) is 9.59 Å². The standard InChI is InChI=1S/C29H34O5/c1-8-19-11-14-23(20(9-2)15-19)24-16-21-12-13-22(17-25(21)32-27(24)31)33-28(4,5)18-29(6,7)34-26(30)10-3/h10-17H,3,8-9,18H2,1-2,4-7H3. The lowest BCUT2D eigenvalue weighted by molar-refractivity contribution is -0.154. The molecule has 0 spiro atoms. The molecule has 0 atom stereocenters. The molecule has 5 nitrogen and oxygen atoms in total. The molecular weight excluding hydrogens is 428 g/mol. The fourth-order valence-electron chi connectivity index (χ4n) is 4.50. The molecule has 1 aromatic heterocycles. The van der Waals surface area contributed by atoms with Crippen molar-refractivity contribution < 1.29 is 18.7 Å². The average molecular weight is 463 g/mol. The number of hydrogen-bond donors (Lipinski definition) is 0. The van der Waals surface area contributed by atoms with Crippen LogP contribution in [0.15, 0.2) is 64.3 Å². The molecule has 0 amide bonds. The highest BCUT2D eigenvalue weighted by Gasteiger charge is 2.33. The van der Waals surface area contributed by atoms with E-state index in [-0.39, 0.29) is 5.63 Å². The molecule has 0 bridgehead atoms. The zero-order valence-electron chi connectivity index (χ0n) is 21.0. The van der Waals surface area contributed by atoms with Crippen LogP contribution in [0.25, 0.3) is 22.1 Å². The monoisotopic (exact) mass is 462 g/mol. The number of ether oxygens (including phenoxy) is 2. The van der Waals surface area contributed by atoms with Gasteiger partial charge in [0.15, 0.2) is 0 Å². The van der Waals surface area contributed by atoms with Crippen molar-refractivity contribution in [1.29, 1.82) is 0 Å². The van der Waals surface area contributed by atoms with Crippen molar-refractivity contribution in [3.8, 4) is 16.9 Å². The predicted molar refractivity (Wildman–Crippen MR) is 136 cm³/mol. The van der Waals surface area contributed by atoms with Crippen LogP contribution in [0.4, 0.5) is 0 Å². The maximum Gasteiger partial charge on any atom is 0.344 e. The second kappa shape index (κ2) is 9.88. The van der Waals surface area contributed by atoms with E-state index in [2.05, 4.69) is 32.6 Å². The number of esters is 1. The van der Waals surface area contributed by atoms with Crippen LogP contribution in [-0.2, 0) is 22.4 Å². The van der Waals surface area contributed by atoms with Crippen molar-refractivity contribution in [2.45, 2.75) is 72.0 Å². The molecule has 0 saturated heterocycles. The van der Waals surface area contributed by atoms with Gasteiger partial charge in [-0.1, -0.05) is 38.6 Å². The van der Waals surface area contributed by atoms with Gasteiger partial charge in [-0.2, -0.15) is 0 Å². The molecule has 5 heteroatoms. The summed E-state index contributed by atoms with van der Waals surface area (Å²) in [6, 6.07) is 13.6. The fourth-order valence-corrected chi connectivity index (χ4v) is 4.50. The van der Waals surface area contributed by atoms with E-state index < -0.39 is 17.2 Å². The van der Waals surface area contributed by atoms with Crippen molar-refractivity contribution in [2.24, 2.45) is 0 Å². The lowest BCUT2D eigenvalue weighted by Crippen LogP contribution is -2.40. The minimum absolute atomic E-state index is 0.375. The molecule has 3 rings (SSSR count). The SMILES string of the molecule is C=CC(=O)OC(C)(C)CC(C)(C)Oc1ccc2cc(-c3ccc(CC)cc3CC)c(=O)oc2c1. The van der Waals surface area contributed by atoms with Gasteiger partial charge in [-0.05, 0) is 75.4 Å². The zero-order chi connectivity index (χ0) is 25.1. The van der Waals surface area contributed by atoms with Gasteiger partial charge in [-0.3, -0.25) is 0 Å². The Kier molecular flexibility index (Phi) is 7.35. The van der Waals surface area contributed by atoms with E-state index in [1.165, 1.54) is 5.56 Å². The van der Waals surface area contributed by atoms with E-state index in [0.29, 0.717) is 23.3 Å². The van der Waals surface area contributed by atoms with Crippen LogP contribution < -0.4 is 10.4 Å². The summed E-state index contributed by atoms with van der Waals surface area (Å²) in [7, 11) is 0. The fraction of sp³-hybridized carbons (Fsp3) is 0.379. The Labute approximate surface area is 201 Å². The molecule has 0 aliphatic heterocycles. The molecule has 0 saturated carbocycles. The Morgan fingerprint density at radius 3 is 2.35 bits per heavy atom. The molecule has 0 N–H and O–H groups in total. The molecule has 2 aromatic carbocycles. The quantitative estimate of drug-likeness (QED) is 0.203. The van der Waals surface area contributed by atoms with Crippen molar-refractivity contribution in [3.63, 3.8) is 0 Å². The van der Waals surface area contributed by atoms with E-state index in [4.69, 9.17) is 13.9 Å². The summed E-state index contributed by atoms with van der Waals surface area (Å²) in [5.41, 5.74) is 2.56. The summed E-state index contributed by atoms with van der Waals surface area (Å²) in [4.78, 5) is 24.5. The Bertz CT molecular complexity index is 1260. The van der Waals surface area contributed by atoms with Crippen LogP contribution in [0.2, 0.25) is 0 Å². The summed E-state index contributed by atoms with van der Waals surface area (Å²) < 4.78 is 17.3. The molecular formula is C29H34O5. The highest BCUT2D eigenvalue weighted by atomic mass is 16.6. The van der Waals surface area contributed by atoms with Crippen molar-refractivity contribution in [1.82, 2.24) is 0 Å².